The normalized spacial score (nSPS) is 21.2. The van der Waals surface area contributed by atoms with E-state index in [-0.39, 0.29) is 11.7 Å². The van der Waals surface area contributed by atoms with Gasteiger partial charge in [0.1, 0.15) is 12.1 Å². The van der Waals surface area contributed by atoms with Crippen molar-refractivity contribution in [3.63, 3.8) is 0 Å². The first-order valence-electron chi connectivity index (χ1n) is 9.50. The fraction of sp³-hybridized carbons (Fsp3) is 0.684. The van der Waals surface area contributed by atoms with Crippen molar-refractivity contribution < 1.29 is 8.42 Å². The SMILES string of the molecule is CCC/C=C\c1c(C)ncnc1N(C)C1CCC(CS(=O)(=O)NC)CC1. The first-order chi connectivity index (χ1) is 12.4. The summed E-state index contributed by atoms with van der Waals surface area (Å²) in [5, 5.41) is 0. The Morgan fingerprint density at radius 3 is 2.58 bits per heavy atom. The molecule has 0 aliphatic heterocycles. The molecule has 1 heterocycles. The van der Waals surface area contributed by atoms with Crippen molar-refractivity contribution >= 4 is 21.9 Å². The van der Waals surface area contributed by atoms with E-state index in [1.165, 1.54) is 7.05 Å². The van der Waals surface area contributed by atoms with Gasteiger partial charge in [0.15, 0.2) is 0 Å². The Balaban J connectivity index is 2.06. The van der Waals surface area contributed by atoms with Gasteiger partial charge in [-0.25, -0.2) is 23.1 Å². The van der Waals surface area contributed by atoms with Crippen LogP contribution in [0.2, 0.25) is 0 Å². The summed E-state index contributed by atoms with van der Waals surface area (Å²) >= 11 is 0. The Bertz CT molecular complexity index is 710. The van der Waals surface area contributed by atoms with Gasteiger partial charge in [0, 0.05) is 18.7 Å². The Morgan fingerprint density at radius 2 is 1.96 bits per heavy atom. The summed E-state index contributed by atoms with van der Waals surface area (Å²) in [4.78, 5) is 11.1. The standard InChI is InChI=1S/C19H32N4O2S/c1-5-6-7-8-18-15(2)21-14-22-19(18)23(4)17-11-9-16(10-12-17)13-26(24,25)20-3/h7-8,14,16-17,20H,5-6,9-13H2,1-4H3/b8-7-. The van der Waals surface area contributed by atoms with E-state index in [2.05, 4.69) is 45.7 Å². The van der Waals surface area contributed by atoms with Crippen molar-refractivity contribution in [3.8, 4) is 0 Å². The Morgan fingerprint density at radius 1 is 1.27 bits per heavy atom. The molecule has 7 heteroatoms. The second-order valence-corrected chi connectivity index (χ2v) is 9.13. The number of unbranched alkanes of at least 4 members (excludes halogenated alkanes) is 1. The minimum atomic E-state index is -3.13. The zero-order valence-electron chi connectivity index (χ0n) is 16.4. The molecule has 0 aromatic carbocycles. The largest absolute Gasteiger partial charge is 0.356 e. The van der Waals surface area contributed by atoms with Crippen LogP contribution in [-0.4, -0.2) is 44.3 Å². The van der Waals surface area contributed by atoms with Crippen LogP contribution in [0.4, 0.5) is 5.82 Å². The molecule has 1 aliphatic rings. The van der Waals surface area contributed by atoms with Crippen LogP contribution in [0.5, 0.6) is 0 Å². The molecule has 26 heavy (non-hydrogen) atoms. The lowest BCUT2D eigenvalue weighted by Gasteiger charge is -2.36. The maximum atomic E-state index is 11.8. The number of anilines is 1. The monoisotopic (exact) mass is 380 g/mol. The molecule has 146 valence electrons. The van der Waals surface area contributed by atoms with Crippen LogP contribution in [-0.2, 0) is 10.0 Å². The fourth-order valence-electron chi connectivity index (χ4n) is 3.58. The Kier molecular flexibility index (Phi) is 7.58. The lowest BCUT2D eigenvalue weighted by atomic mass is 9.86. The van der Waals surface area contributed by atoms with Gasteiger partial charge in [0.2, 0.25) is 10.0 Å². The molecule has 1 aromatic rings. The van der Waals surface area contributed by atoms with Gasteiger partial charge in [-0.15, -0.1) is 0 Å². The molecule has 0 radical (unpaired) electrons. The molecule has 1 saturated carbocycles. The number of sulfonamides is 1. The minimum absolute atomic E-state index is 0.234. The summed E-state index contributed by atoms with van der Waals surface area (Å²) in [5.41, 5.74) is 2.08. The average Bonchev–Trinajstić information content (AvgIpc) is 2.63. The molecule has 1 fully saturated rings. The van der Waals surface area contributed by atoms with E-state index in [4.69, 9.17) is 0 Å². The van der Waals surface area contributed by atoms with Gasteiger partial charge in [-0.3, -0.25) is 0 Å². The highest BCUT2D eigenvalue weighted by Gasteiger charge is 2.28. The number of rotatable bonds is 8. The third kappa shape index (κ3) is 5.51. The lowest BCUT2D eigenvalue weighted by Crippen LogP contribution is -2.38. The van der Waals surface area contributed by atoms with Crippen LogP contribution in [0, 0.1) is 12.8 Å². The van der Waals surface area contributed by atoms with Crippen molar-refractivity contribution in [2.45, 2.75) is 58.4 Å². The summed E-state index contributed by atoms with van der Waals surface area (Å²) in [5.74, 6) is 1.45. The van der Waals surface area contributed by atoms with E-state index in [0.29, 0.717) is 6.04 Å². The van der Waals surface area contributed by atoms with E-state index in [9.17, 15) is 8.42 Å². The lowest BCUT2D eigenvalue weighted by molar-refractivity contribution is 0.340. The number of nitrogens with one attached hydrogen (secondary N) is 1. The molecular weight excluding hydrogens is 348 g/mol. The van der Waals surface area contributed by atoms with Gasteiger partial charge in [0.25, 0.3) is 0 Å². The Labute approximate surface area is 158 Å². The first-order valence-corrected chi connectivity index (χ1v) is 11.1. The van der Waals surface area contributed by atoms with Crippen molar-refractivity contribution in [1.29, 1.82) is 0 Å². The van der Waals surface area contributed by atoms with E-state index >= 15 is 0 Å². The van der Waals surface area contributed by atoms with Gasteiger partial charge in [-0.05, 0) is 52.0 Å². The van der Waals surface area contributed by atoms with Crippen LogP contribution < -0.4 is 9.62 Å². The Hall–Kier alpha value is -1.47. The third-order valence-electron chi connectivity index (χ3n) is 5.27. The topological polar surface area (TPSA) is 75.2 Å². The summed E-state index contributed by atoms with van der Waals surface area (Å²) in [6.45, 7) is 4.18. The van der Waals surface area contributed by atoms with Crippen LogP contribution in [0.3, 0.4) is 0 Å². The second kappa shape index (κ2) is 9.46. The minimum Gasteiger partial charge on any atom is -0.356 e. The highest BCUT2D eigenvalue weighted by atomic mass is 32.2. The molecule has 1 aliphatic carbocycles. The van der Waals surface area contributed by atoms with Crippen molar-refractivity contribution in [2.75, 3.05) is 24.7 Å². The zero-order valence-corrected chi connectivity index (χ0v) is 17.2. The average molecular weight is 381 g/mol. The molecule has 0 unspecified atom stereocenters. The van der Waals surface area contributed by atoms with Crippen molar-refractivity contribution in [3.05, 3.63) is 23.7 Å². The number of aromatic nitrogens is 2. The molecule has 1 aromatic heterocycles. The number of allylic oxidation sites excluding steroid dienone is 1. The summed E-state index contributed by atoms with van der Waals surface area (Å²) in [6, 6.07) is 0.385. The first kappa shape index (κ1) is 20.8. The van der Waals surface area contributed by atoms with Gasteiger partial charge in [-0.2, -0.15) is 0 Å². The molecular formula is C19H32N4O2S. The highest BCUT2D eigenvalue weighted by molar-refractivity contribution is 7.89. The quantitative estimate of drug-likeness (QED) is 0.750. The maximum absolute atomic E-state index is 11.8. The van der Waals surface area contributed by atoms with Crippen LogP contribution in [0.15, 0.2) is 12.4 Å². The second-order valence-electron chi connectivity index (χ2n) is 7.16. The molecule has 6 nitrogen and oxygen atoms in total. The molecule has 0 spiro atoms. The number of nitrogens with zero attached hydrogens (tertiary/aromatic N) is 3. The summed E-state index contributed by atoms with van der Waals surface area (Å²) in [7, 11) is 0.450. The van der Waals surface area contributed by atoms with E-state index in [1.807, 2.05) is 6.92 Å². The zero-order chi connectivity index (χ0) is 19.2. The number of aryl methyl sites for hydroxylation is 1. The van der Waals surface area contributed by atoms with Gasteiger partial charge >= 0.3 is 0 Å². The van der Waals surface area contributed by atoms with E-state index < -0.39 is 10.0 Å². The van der Waals surface area contributed by atoms with Gasteiger partial charge < -0.3 is 4.90 Å². The van der Waals surface area contributed by atoms with Crippen LogP contribution >= 0.6 is 0 Å². The molecule has 0 amide bonds. The predicted octanol–water partition coefficient (Wildman–Crippen LogP) is 3.14. The van der Waals surface area contributed by atoms with E-state index in [0.717, 1.165) is 55.6 Å². The van der Waals surface area contributed by atoms with E-state index in [1.54, 1.807) is 6.33 Å². The molecule has 2 rings (SSSR count). The molecule has 0 bridgehead atoms. The fourth-order valence-corrected chi connectivity index (χ4v) is 4.70. The van der Waals surface area contributed by atoms with Crippen LogP contribution in [0.25, 0.3) is 6.08 Å². The van der Waals surface area contributed by atoms with Gasteiger partial charge in [-0.1, -0.05) is 25.5 Å². The number of hydrogen-bond acceptors (Lipinski definition) is 5. The highest BCUT2D eigenvalue weighted by Crippen LogP contribution is 2.31. The van der Waals surface area contributed by atoms with Crippen molar-refractivity contribution in [2.24, 2.45) is 5.92 Å². The maximum Gasteiger partial charge on any atom is 0.211 e. The van der Waals surface area contributed by atoms with Crippen molar-refractivity contribution in [1.82, 2.24) is 14.7 Å². The third-order valence-corrected chi connectivity index (χ3v) is 6.80. The predicted molar refractivity (Wildman–Crippen MR) is 108 cm³/mol. The molecule has 0 atom stereocenters. The summed E-state index contributed by atoms with van der Waals surface area (Å²) in [6.07, 6.45) is 11.9. The molecule has 1 N–H and O–H groups in total. The smallest absolute Gasteiger partial charge is 0.211 e. The van der Waals surface area contributed by atoms with Crippen LogP contribution in [0.1, 0.15) is 56.7 Å². The van der Waals surface area contributed by atoms with Gasteiger partial charge in [0.05, 0.1) is 11.4 Å². The summed E-state index contributed by atoms with van der Waals surface area (Å²) < 4.78 is 26.0. The molecule has 0 saturated heterocycles. The number of hydrogen-bond donors (Lipinski definition) is 1.